The molecule has 2 heterocycles. The summed E-state index contributed by atoms with van der Waals surface area (Å²) in [5.41, 5.74) is -0.631. The molecule has 0 bridgehead atoms. The Hall–Kier alpha value is -3.18. The third kappa shape index (κ3) is 4.63. The van der Waals surface area contributed by atoms with Gasteiger partial charge in [-0.2, -0.15) is 23.0 Å². The molecule has 0 aliphatic carbocycles. The third-order valence-electron chi connectivity index (χ3n) is 3.79. The molecule has 0 saturated heterocycles. The van der Waals surface area contributed by atoms with E-state index in [0.717, 1.165) is 17.0 Å². The Morgan fingerprint density at radius 2 is 2.00 bits per heavy atom. The number of aromatic nitrogens is 3. The lowest BCUT2D eigenvalue weighted by Gasteiger charge is -2.15. The molecular formula is C17H12ClF3N4O4. The van der Waals surface area contributed by atoms with E-state index in [1.165, 1.54) is 6.20 Å². The summed E-state index contributed by atoms with van der Waals surface area (Å²) in [6.07, 6.45) is -5.41. The Morgan fingerprint density at radius 1 is 1.31 bits per heavy atom. The molecular weight excluding hydrogens is 417 g/mol. The maximum atomic E-state index is 12.7. The fourth-order valence-electron chi connectivity index (χ4n) is 2.30. The van der Waals surface area contributed by atoms with Gasteiger partial charge in [-0.1, -0.05) is 28.9 Å². The van der Waals surface area contributed by atoms with Crippen molar-refractivity contribution in [2.45, 2.75) is 12.3 Å². The van der Waals surface area contributed by atoms with Crippen LogP contribution in [0.5, 0.6) is 0 Å². The Bertz CT molecular complexity index is 1070. The highest BCUT2D eigenvalue weighted by molar-refractivity contribution is 6.30. The summed E-state index contributed by atoms with van der Waals surface area (Å²) in [6.45, 7) is -1.12. The molecule has 0 radical (unpaired) electrons. The van der Waals surface area contributed by atoms with Gasteiger partial charge in [0.05, 0.1) is 18.4 Å². The highest BCUT2D eigenvalue weighted by atomic mass is 35.5. The fraction of sp³-hybridized carbons (Fsp3) is 0.176. The van der Waals surface area contributed by atoms with Crippen LogP contribution in [-0.4, -0.2) is 44.8 Å². The second-order valence-corrected chi connectivity index (χ2v) is 6.25. The van der Waals surface area contributed by atoms with E-state index in [4.69, 9.17) is 16.7 Å². The number of benzene rings is 1. The number of rotatable bonds is 5. The zero-order valence-electron chi connectivity index (χ0n) is 14.4. The Morgan fingerprint density at radius 3 is 2.59 bits per heavy atom. The number of hydrogen-bond donors (Lipinski definition) is 2. The molecule has 0 spiro atoms. The van der Waals surface area contributed by atoms with Crippen molar-refractivity contribution in [1.82, 2.24) is 20.3 Å². The second-order valence-electron chi connectivity index (χ2n) is 5.82. The van der Waals surface area contributed by atoms with Gasteiger partial charge in [-0.05, 0) is 18.2 Å². The number of nitrogens with one attached hydrogen (secondary N) is 1. The molecule has 3 rings (SSSR count). The molecule has 8 nitrogen and oxygen atoms in total. The molecule has 1 amide bonds. The van der Waals surface area contributed by atoms with Gasteiger partial charge < -0.3 is 14.9 Å². The lowest BCUT2D eigenvalue weighted by atomic mass is 10.1. The average Bonchev–Trinajstić information content (AvgIpc) is 3.20. The molecule has 2 aromatic heterocycles. The van der Waals surface area contributed by atoms with E-state index in [-0.39, 0.29) is 11.4 Å². The minimum absolute atomic E-state index is 0.107. The molecule has 3 aromatic rings. The number of nitrogens with zero attached hydrogens (tertiary/aromatic N) is 3. The fourth-order valence-corrected chi connectivity index (χ4v) is 2.42. The number of amides is 1. The van der Waals surface area contributed by atoms with Crippen LogP contribution in [0.25, 0.3) is 16.9 Å². The smallest absolute Gasteiger partial charge is 0.382 e. The van der Waals surface area contributed by atoms with Crippen molar-refractivity contribution in [2.24, 2.45) is 0 Å². The predicted octanol–water partition coefficient (Wildman–Crippen LogP) is 2.19. The number of carbonyl (C=O) groups is 1. The first-order valence-corrected chi connectivity index (χ1v) is 8.37. The quantitative estimate of drug-likeness (QED) is 0.644. The first-order valence-electron chi connectivity index (χ1n) is 8.00. The average molecular weight is 429 g/mol. The molecule has 2 N–H and O–H groups in total. The van der Waals surface area contributed by atoms with Crippen LogP contribution >= 0.6 is 11.6 Å². The molecule has 0 unspecified atom stereocenters. The zero-order valence-corrected chi connectivity index (χ0v) is 15.1. The van der Waals surface area contributed by atoms with Crippen molar-refractivity contribution in [1.29, 1.82) is 0 Å². The molecule has 152 valence electrons. The van der Waals surface area contributed by atoms with Crippen molar-refractivity contribution in [3.8, 4) is 16.9 Å². The summed E-state index contributed by atoms with van der Waals surface area (Å²) in [5, 5.41) is 19.0. The van der Waals surface area contributed by atoms with Gasteiger partial charge in [-0.25, -0.2) is 0 Å². The minimum atomic E-state index is -4.91. The Kier molecular flexibility index (Phi) is 5.71. The van der Waals surface area contributed by atoms with Gasteiger partial charge in [-0.3, -0.25) is 9.59 Å². The Labute approximate surface area is 165 Å². The highest BCUT2D eigenvalue weighted by Gasteiger charge is 2.38. The van der Waals surface area contributed by atoms with Gasteiger partial charge in [0.15, 0.2) is 6.10 Å². The molecule has 0 aliphatic heterocycles. The van der Waals surface area contributed by atoms with Gasteiger partial charge in [-0.15, -0.1) is 0 Å². The SMILES string of the molecule is O=C(NC[C@H](O)C(F)(F)F)c1cc(-c2ccc(Cl)cc2)nn(-c2cnoc2)c1=O. The molecule has 1 aromatic carbocycles. The van der Waals surface area contributed by atoms with E-state index in [0.29, 0.717) is 10.6 Å². The minimum Gasteiger partial charge on any atom is -0.382 e. The zero-order chi connectivity index (χ0) is 21.2. The standard InChI is InChI=1S/C17H12ClF3N4O4/c18-10-3-1-9(2-4-10)13-5-12(15(27)22-7-14(26)17(19,20)21)16(28)25(24-13)11-6-23-29-8-11/h1-6,8,14,26H,7H2,(H,22,27)/t14-/m0/s1. The van der Waals surface area contributed by atoms with E-state index in [1.807, 2.05) is 5.32 Å². The summed E-state index contributed by atoms with van der Waals surface area (Å²) in [5.74, 6) is -1.11. The van der Waals surface area contributed by atoms with Crippen LogP contribution in [-0.2, 0) is 0 Å². The van der Waals surface area contributed by atoms with Crippen LogP contribution in [0.1, 0.15) is 10.4 Å². The van der Waals surface area contributed by atoms with Crippen LogP contribution in [0.3, 0.4) is 0 Å². The maximum Gasteiger partial charge on any atom is 0.416 e. The maximum absolute atomic E-state index is 12.7. The number of aliphatic hydroxyl groups excluding tert-OH is 1. The van der Waals surface area contributed by atoms with E-state index >= 15 is 0 Å². The lowest BCUT2D eigenvalue weighted by molar-refractivity contribution is -0.201. The summed E-state index contributed by atoms with van der Waals surface area (Å²) in [7, 11) is 0. The summed E-state index contributed by atoms with van der Waals surface area (Å²) in [4.78, 5) is 25.0. The van der Waals surface area contributed by atoms with Crippen molar-refractivity contribution in [2.75, 3.05) is 6.54 Å². The van der Waals surface area contributed by atoms with Crippen molar-refractivity contribution in [3.05, 3.63) is 63.7 Å². The lowest BCUT2D eigenvalue weighted by Crippen LogP contribution is -2.42. The number of aliphatic hydroxyl groups is 1. The number of carbonyl (C=O) groups excluding carboxylic acids is 1. The van der Waals surface area contributed by atoms with Gasteiger partial charge in [0.2, 0.25) is 0 Å². The summed E-state index contributed by atoms with van der Waals surface area (Å²) < 4.78 is 42.8. The van der Waals surface area contributed by atoms with Gasteiger partial charge in [0, 0.05) is 10.6 Å². The molecule has 0 saturated carbocycles. The molecule has 29 heavy (non-hydrogen) atoms. The van der Waals surface area contributed by atoms with Gasteiger partial charge >= 0.3 is 6.18 Å². The van der Waals surface area contributed by atoms with Crippen molar-refractivity contribution < 1.29 is 27.6 Å². The van der Waals surface area contributed by atoms with E-state index in [2.05, 4.69) is 14.8 Å². The van der Waals surface area contributed by atoms with Crippen LogP contribution in [0.4, 0.5) is 13.2 Å². The van der Waals surface area contributed by atoms with Crippen molar-refractivity contribution in [3.63, 3.8) is 0 Å². The van der Waals surface area contributed by atoms with E-state index in [1.54, 1.807) is 24.3 Å². The highest BCUT2D eigenvalue weighted by Crippen LogP contribution is 2.21. The summed E-state index contributed by atoms with van der Waals surface area (Å²) >= 11 is 5.85. The van der Waals surface area contributed by atoms with Crippen LogP contribution in [0.15, 0.2) is 52.1 Å². The first kappa shape index (κ1) is 20.6. The molecule has 1 atom stereocenters. The third-order valence-corrected chi connectivity index (χ3v) is 4.05. The number of alkyl halides is 3. The van der Waals surface area contributed by atoms with Crippen LogP contribution in [0, 0.1) is 0 Å². The Balaban J connectivity index is 2.02. The van der Waals surface area contributed by atoms with Crippen LogP contribution < -0.4 is 10.9 Å². The molecule has 12 heteroatoms. The van der Waals surface area contributed by atoms with Crippen LogP contribution in [0.2, 0.25) is 5.02 Å². The second kappa shape index (κ2) is 8.05. The van der Waals surface area contributed by atoms with Gasteiger partial charge in [0.25, 0.3) is 11.5 Å². The topological polar surface area (TPSA) is 110 Å². The number of hydrogen-bond acceptors (Lipinski definition) is 6. The normalized spacial score (nSPS) is 12.6. The monoisotopic (exact) mass is 428 g/mol. The van der Waals surface area contributed by atoms with Crippen molar-refractivity contribution >= 4 is 17.5 Å². The van der Waals surface area contributed by atoms with Gasteiger partial charge in [0.1, 0.15) is 17.5 Å². The predicted molar refractivity (Wildman–Crippen MR) is 94.7 cm³/mol. The van der Waals surface area contributed by atoms with E-state index in [9.17, 15) is 22.8 Å². The largest absolute Gasteiger partial charge is 0.416 e. The summed E-state index contributed by atoms with van der Waals surface area (Å²) in [6, 6.07) is 7.43. The number of halogens is 4. The molecule has 0 fully saturated rings. The van der Waals surface area contributed by atoms with E-state index < -0.39 is 35.9 Å². The molecule has 0 aliphatic rings. The first-order chi connectivity index (χ1) is 13.7.